The van der Waals surface area contributed by atoms with Crippen LogP contribution in [0.15, 0.2) is 18.2 Å². The van der Waals surface area contributed by atoms with E-state index in [1.54, 1.807) is 0 Å². The van der Waals surface area contributed by atoms with E-state index in [9.17, 15) is 0 Å². The Morgan fingerprint density at radius 1 is 1.40 bits per heavy atom. The maximum Gasteiger partial charge on any atom is 0.106 e. The number of halogens is 1. The number of benzene rings is 1. The third-order valence-electron chi connectivity index (χ3n) is 4.34. The SMILES string of the molecule is CN(C)C1(CNc2cc(Cl)ccc2C(N)=S)CCCC1. The average Bonchev–Trinajstić information content (AvgIpc) is 2.86. The molecule has 0 amide bonds. The van der Waals surface area contributed by atoms with Crippen LogP contribution in [0.5, 0.6) is 0 Å². The van der Waals surface area contributed by atoms with Gasteiger partial charge in [0.1, 0.15) is 4.99 Å². The van der Waals surface area contributed by atoms with Crippen molar-refractivity contribution in [3.63, 3.8) is 0 Å². The molecule has 3 N–H and O–H groups in total. The Balaban J connectivity index is 2.17. The van der Waals surface area contributed by atoms with Gasteiger partial charge in [0, 0.05) is 28.4 Å². The summed E-state index contributed by atoms with van der Waals surface area (Å²) in [4.78, 5) is 2.73. The summed E-state index contributed by atoms with van der Waals surface area (Å²) in [5.41, 5.74) is 7.78. The summed E-state index contributed by atoms with van der Waals surface area (Å²) in [5, 5.41) is 4.20. The van der Waals surface area contributed by atoms with Gasteiger partial charge in [0.15, 0.2) is 0 Å². The molecule has 0 radical (unpaired) electrons. The highest BCUT2D eigenvalue weighted by molar-refractivity contribution is 7.80. The van der Waals surface area contributed by atoms with Gasteiger partial charge in [0.05, 0.1) is 0 Å². The minimum Gasteiger partial charge on any atom is -0.389 e. The number of hydrogen-bond donors (Lipinski definition) is 2. The summed E-state index contributed by atoms with van der Waals surface area (Å²) in [6.45, 7) is 0.885. The van der Waals surface area contributed by atoms with Crippen LogP contribution in [0.25, 0.3) is 0 Å². The van der Waals surface area contributed by atoms with Crippen LogP contribution >= 0.6 is 23.8 Å². The van der Waals surface area contributed by atoms with Crippen molar-refractivity contribution in [2.75, 3.05) is 26.0 Å². The number of nitrogens with one attached hydrogen (secondary N) is 1. The number of thiocarbonyl (C=S) groups is 1. The second kappa shape index (κ2) is 6.29. The van der Waals surface area contributed by atoms with Crippen molar-refractivity contribution < 1.29 is 0 Å². The normalized spacial score (nSPS) is 17.4. The second-order valence-electron chi connectivity index (χ2n) is 5.73. The molecule has 0 atom stereocenters. The molecule has 2 rings (SSSR count). The fraction of sp³-hybridized carbons (Fsp3) is 0.533. The van der Waals surface area contributed by atoms with Crippen molar-refractivity contribution >= 4 is 34.5 Å². The quantitative estimate of drug-likeness (QED) is 0.819. The van der Waals surface area contributed by atoms with Crippen LogP contribution in [-0.4, -0.2) is 36.1 Å². The Morgan fingerprint density at radius 3 is 2.60 bits per heavy atom. The Labute approximate surface area is 131 Å². The topological polar surface area (TPSA) is 41.3 Å². The molecule has 0 bridgehead atoms. The Hall–Kier alpha value is -0.840. The lowest BCUT2D eigenvalue weighted by Crippen LogP contribution is -2.47. The number of hydrogen-bond acceptors (Lipinski definition) is 3. The van der Waals surface area contributed by atoms with Crippen LogP contribution in [0.4, 0.5) is 5.69 Å². The van der Waals surface area contributed by atoms with Crippen LogP contribution in [0.1, 0.15) is 31.2 Å². The summed E-state index contributed by atoms with van der Waals surface area (Å²) < 4.78 is 0. The van der Waals surface area contributed by atoms with Gasteiger partial charge in [0.2, 0.25) is 0 Å². The van der Waals surface area contributed by atoms with Gasteiger partial charge in [-0.15, -0.1) is 0 Å². The van der Waals surface area contributed by atoms with Crippen molar-refractivity contribution in [2.45, 2.75) is 31.2 Å². The maximum atomic E-state index is 6.08. The van der Waals surface area contributed by atoms with Crippen molar-refractivity contribution in [2.24, 2.45) is 5.73 Å². The van der Waals surface area contributed by atoms with E-state index in [4.69, 9.17) is 29.6 Å². The van der Waals surface area contributed by atoms with E-state index in [0.29, 0.717) is 10.0 Å². The lowest BCUT2D eigenvalue weighted by molar-refractivity contribution is 0.172. The van der Waals surface area contributed by atoms with E-state index >= 15 is 0 Å². The smallest absolute Gasteiger partial charge is 0.106 e. The molecule has 0 heterocycles. The lowest BCUT2D eigenvalue weighted by Gasteiger charge is -2.37. The predicted molar refractivity (Wildman–Crippen MR) is 90.7 cm³/mol. The molecule has 0 saturated heterocycles. The number of likely N-dealkylation sites (N-methyl/N-ethyl adjacent to an activating group) is 1. The second-order valence-corrected chi connectivity index (χ2v) is 6.61. The van der Waals surface area contributed by atoms with Gasteiger partial charge >= 0.3 is 0 Å². The molecule has 0 aliphatic heterocycles. The fourth-order valence-corrected chi connectivity index (χ4v) is 3.30. The van der Waals surface area contributed by atoms with E-state index in [0.717, 1.165) is 17.8 Å². The summed E-state index contributed by atoms with van der Waals surface area (Å²) in [6.07, 6.45) is 5.01. The fourth-order valence-electron chi connectivity index (χ4n) is 2.95. The zero-order valence-corrected chi connectivity index (χ0v) is 13.7. The first-order valence-corrected chi connectivity index (χ1v) is 7.74. The van der Waals surface area contributed by atoms with E-state index < -0.39 is 0 Å². The van der Waals surface area contributed by atoms with Crippen LogP contribution in [0.2, 0.25) is 5.02 Å². The lowest BCUT2D eigenvalue weighted by atomic mass is 9.95. The molecule has 1 saturated carbocycles. The molecular formula is C15H22ClN3S. The van der Waals surface area contributed by atoms with Crippen LogP contribution in [0, 0.1) is 0 Å². The standard InChI is InChI=1S/C15H22ClN3S/c1-19(2)15(7-3-4-8-15)10-18-13-9-11(16)5-6-12(13)14(17)20/h5-6,9,18H,3-4,7-8,10H2,1-2H3,(H2,17,20). The number of nitrogens with zero attached hydrogens (tertiary/aromatic N) is 1. The molecule has 1 aliphatic rings. The molecule has 1 aromatic rings. The van der Waals surface area contributed by atoms with Crippen LogP contribution in [-0.2, 0) is 0 Å². The molecule has 0 unspecified atom stereocenters. The van der Waals surface area contributed by atoms with Crippen molar-refractivity contribution in [1.29, 1.82) is 0 Å². The molecule has 0 spiro atoms. The Kier molecular flexibility index (Phi) is 4.89. The van der Waals surface area contributed by atoms with Crippen LogP contribution < -0.4 is 11.1 Å². The molecule has 0 aromatic heterocycles. The third-order valence-corrected chi connectivity index (χ3v) is 4.79. The minimum absolute atomic E-state index is 0.218. The van der Waals surface area contributed by atoms with Crippen molar-refractivity contribution in [3.8, 4) is 0 Å². The summed E-state index contributed by atoms with van der Waals surface area (Å²) in [6, 6.07) is 5.59. The zero-order chi connectivity index (χ0) is 14.8. The van der Waals surface area contributed by atoms with E-state index in [1.807, 2.05) is 18.2 Å². The van der Waals surface area contributed by atoms with Gasteiger partial charge in [-0.1, -0.05) is 36.7 Å². The highest BCUT2D eigenvalue weighted by Gasteiger charge is 2.35. The molecule has 5 heteroatoms. The highest BCUT2D eigenvalue weighted by atomic mass is 35.5. The summed E-state index contributed by atoms with van der Waals surface area (Å²) in [5.74, 6) is 0. The van der Waals surface area contributed by atoms with Gasteiger partial charge < -0.3 is 16.0 Å². The molecule has 1 fully saturated rings. The van der Waals surface area contributed by atoms with Gasteiger partial charge in [-0.25, -0.2) is 0 Å². The first-order valence-electron chi connectivity index (χ1n) is 6.95. The first kappa shape index (κ1) is 15.5. The Bertz CT molecular complexity index is 496. The third kappa shape index (κ3) is 3.25. The van der Waals surface area contributed by atoms with E-state index in [-0.39, 0.29) is 5.54 Å². The van der Waals surface area contributed by atoms with Crippen molar-refractivity contribution in [1.82, 2.24) is 4.90 Å². The van der Waals surface area contributed by atoms with E-state index in [1.165, 1.54) is 25.7 Å². The van der Waals surface area contributed by atoms with E-state index in [2.05, 4.69) is 24.3 Å². The van der Waals surface area contributed by atoms with Crippen LogP contribution in [0.3, 0.4) is 0 Å². The summed E-state index contributed by atoms with van der Waals surface area (Å²) in [7, 11) is 4.30. The molecule has 1 aliphatic carbocycles. The highest BCUT2D eigenvalue weighted by Crippen LogP contribution is 2.34. The molecular weight excluding hydrogens is 290 g/mol. The maximum absolute atomic E-state index is 6.08. The number of anilines is 1. The van der Waals surface area contributed by atoms with Crippen molar-refractivity contribution in [3.05, 3.63) is 28.8 Å². The molecule has 110 valence electrons. The number of rotatable bonds is 5. The first-order chi connectivity index (χ1) is 9.44. The zero-order valence-electron chi connectivity index (χ0n) is 12.1. The van der Waals surface area contributed by atoms with Gasteiger partial charge in [-0.3, -0.25) is 0 Å². The van der Waals surface area contributed by atoms with Gasteiger partial charge in [-0.2, -0.15) is 0 Å². The largest absolute Gasteiger partial charge is 0.389 e. The van der Waals surface area contributed by atoms with Gasteiger partial charge in [0.25, 0.3) is 0 Å². The monoisotopic (exact) mass is 311 g/mol. The predicted octanol–water partition coefficient (Wildman–Crippen LogP) is 3.26. The number of nitrogens with two attached hydrogens (primary N) is 1. The van der Waals surface area contributed by atoms with Gasteiger partial charge in [-0.05, 0) is 45.1 Å². The average molecular weight is 312 g/mol. The molecule has 1 aromatic carbocycles. The minimum atomic E-state index is 0.218. The summed E-state index contributed by atoms with van der Waals surface area (Å²) >= 11 is 11.2. The molecule has 3 nitrogen and oxygen atoms in total. The molecule has 20 heavy (non-hydrogen) atoms. The Morgan fingerprint density at radius 2 is 2.05 bits per heavy atom.